The van der Waals surface area contributed by atoms with Gasteiger partial charge in [-0.25, -0.2) is 0 Å². The number of rotatable bonds is 6. The molecule has 1 aliphatic carbocycles. The van der Waals surface area contributed by atoms with Crippen LogP contribution in [0.5, 0.6) is 0 Å². The molecule has 19 heavy (non-hydrogen) atoms. The Morgan fingerprint density at radius 1 is 1.37 bits per heavy atom. The number of unbranched alkanes of at least 4 members (excludes halogenated alkanes) is 3. The predicted molar refractivity (Wildman–Crippen MR) is 78.6 cm³/mol. The normalized spacial score (nSPS) is 16.0. The highest BCUT2D eigenvalue weighted by atomic mass is 16.5. The van der Waals surface area contributed by atoms with Crippen LogP contribution < -0.4 is 0 Å². The molecule has 1 atom stereocenters. The van der Waals surface area contributed by atoms with Gasteiger partial charge in [-0.3, -0.25) is 4.79 Å². The summed E-state index contributed by atoms with van der Waals surface area (Å²) in [7, 11) is 0. The zero-order valence-electron chi connectivity index (χ0n) is 12.3. The van der Waals surface area contributed by atoms with Crippen molar-refractivity contribution in [3.8, 4) is 11.8 Å². The smallest absolute Gasteiger partial charge is 0.303 e. The highest BCUT2D eigenvalue weighted by Gasteiger charge is 2.08. The van der Waals surface area contributed by atoms with Gasteiger partial charge < -0.3 is 4.74 Å². The average molecular weight is 262 g/mol. The van der Waals surface area contributed by atoms with E-state index in [1.54, 1.807) is 0 Å². The Labute approximate surface area is 117 Å². The van der Waals surface area contributed by atoms with Crippen LogP contribution in [0, 0.1) is 11.8 Å². The molecule has 1 unspecified atom stereocenters. The summed E-state index contributed by atoms with van der Waals surface area (Å²) in [5, 5.41) is 0. The third kappa shape index (κ3) is 7.72. The summed E-state index contributed by atoms with van der Waals surface area (Å²) in [6.07, 6.45) is 12.3. The van der Waals surface area contributed by atoms with Crippen LogP contribution in [0.25, 0.3) is 0 Å². The topological polar surface area (TPSA) is 26.3 Å². The zero-order valence-corrected chi connectivity index (χ0v) is 12.3. The van der Waals surface area contributed by atoms with Gasteiger partial charge in [0.1, 0.15) is 0 Å². The fraction of sp³-hybridized carbons (Fsp3) is 0.706. The van der Waals surface area contributed by atoms with Crippen molar-refractivity contribution in [2.24, 2.45) is 0 Å². The molecular weight excluding hydrogens is 236 g/mol. The minimum atomic E-state index is -0.229. The molecule has 0 amide bonds. The SMILES string of the molecule is CCCCCCC(C#CC1=CCCCC1)OC(C)=O. The lowest BCUT2D eigenvalue weighted by Crippen LogP contribution is -2.14. The van der Waals surface area contributed by atoms with Crippen LogP contribution >= 0.6 is 0 Å². The van der Waals surface area contributed by atoms with Gasteiger partial charge in [0.05, 0.1) is 0 Å². The van der Waals surface area contributed by atoms with Gasteiger partial charge in [-0.05, 0) is 44.1 Å². The van der Waals surface area contributed by atoms with E-state index in [1.807, 2.05) is 0 Å². The predicted octanol–water partition coefficient (Wildman–Crippen LogP) is 4.39. The maximum atomic E-state index is 11.1. The van der Waals surface area contributed by atoms with Gasteiger partial charge in [0.25, 0.3) is 0 Å². The lowest BCUT2D eigenvalue weighted by Gasteiger charge is -2.11. The molecule has 0 saturated heterocycles. The summed E-state index contributed by atoms with van der Waals surface area (Å²) in [4.78, 5) is 11.1. The van der Waals surface area contributed by atoms with Gasteiger partial charge in [-0.2, -0.15) is 0 Å². The van der Waals surface area contributed by atoms with Crippen molar-refractivity contribution in [2.75, 3.05) is 0 Å². The first-order valence-corrected chi connectivity index (χ1v) is 7.60. The van der Waals surface area contributed by atoms with Crippen LogP contribution in [-0.2, 0) is 9.53 Å². The summed E-state index contributed by atoms with van der Waals surface area (Å²) < 4.78 is 5.28. The first-order chi connectivity index (χ1) is 9.22. The Bertz CT molecular complexity index is 357. The molecule has 0 aromatic rings. The van der Waals surface area contributed by atoms with E-state index in [2.05, 4.69) is 24.8 Å². The van der Waals surface area contributed by atoms with E-state index < -0.39 is 0 Å². The van der Waals surface area contributed by atoms with Gasteiger partial charge in [0.15, 0.2) is 6.10 Å². The second kappa shape index (κ2) is 9.67. The second-order valence-corrected chi connectivity index (χ2v) is 5.19. The molecule has 0 aromatic carbocycles. The molecule has 2 heteroatoms. The molecular formula is C17H26O2. The number of hydrogen-bond donors (Lipinski definition) is 0. The maximum Gasteiger partial charge on any atom is 0.303 e. The number of carbonyl (C=O) groups excluding carboxylic acids is 1. The molecule has 1 rings (SSSR count). The van der Waals surface area contributed by atoms with E-state index in [0.29, 0.717) is 0 Å². The summed E-state index contributed by atoms with van der Waals surface area (Å²) in [6, 6.07) is 0. The fourth-order valence-corrected chi connectivity index (χ4v) is 2.24. The Balaban J connectivity index is 2.46. The molecule has 106 valence electrons. The van der Waals surface area contributed by atoms with E-state index in [1.165, 1.54) is 44.6 Å². The molecule has 0 radical (unpaired) electrons. The lowest BCUT2D eigenvalue weighted by molar-refractivity contribution is -0.144. The Hall–Kier alpha value is -1.23. The van der Waals surface area contributed by atoms with E-state index >= 15 is 0 Å². The van der Waals surface area contributed by atoms with Crippen molar-refractivity contribution < 1.29 is 9.53 Å². The van der Waals surface area contributed by atoms with Crippen molar-refractivity contribution in [2.45, 2.75) is 77.7 Å². The highest BCUT2D eigenvalue weighted by Crippen LogP contribution is 2.16. The second-order valence-electron chi connectivity index (χ2n) is 5.19. The van der Waals surface area contributed by atoms with Gasteiger partial charge in [0.2, 0.25) is 0 Å². The number of ether oxygens (including phenoxy) is 1. The monoisotopic (exact) mass is 262 g/mol. The van der Waals surface area contributed by atoms with Crippen molar-refractivity contribution >= 4 is 5.97 Å². The van der Waals surface area contributed by atoms with Crippen molar-refractivity contribution in [3.05, 3.63) is 11.6 Å². The van der Waals surface area contributed by atoms with Crippen molar-refractivity contribution in [1.82, 2.24) is 0 Å². The highest BCUT2D eigenvalue weighted by molar-refractivity contribution is 5.66. The van der Waals surface area contributed by atoms with Crippen LogP contribution in [0.1, 0.15) is 71.6 Å². The minimum Gasteiger partial charge on any atom is -0.449 e. The zero-order chi connectivity index (χ0) is 13.9. The Morgan fingerprint density at radius 2 is 2.21 bits per heavy atom. The lowest BCUT2D eigenvalue weighted by atomic mass is 9.99. The summed E-state index contributed by atoms with van der Waals surface area (Å²) in [5.41, 5.74) is 1.22. The molecule has 2 nitrogen and oxygen atoms in total. The van der Waals surface area contributed by atoms with Crippen LogP contribution in [0.15, 0.2) is 11.6 Å². The van der Waals surface area contributed by atoms with E-state index in [9.17, 15) is 4.79 Å². The van der Waals surface area contributed by atoms with Crippen molar-refractivity contribution in [3.63, 3.8) is 0 Å². The van der Waals surface area contributed by atoms with E-state index in [-0.39, 0.29) is 12.1 Å². The van der Waals surface area contributed by atoms with Crippen LogP contribution in [0.3, 0.4) is 0 Å². The molecule has 0 aliphatic heterocycles. The molecule has 0 saturated carbocycles. The van der Waals surface area contributed by atoms with Crippen LogP contribution in [0.4, 0.5) is 0 Å². The molecule has 1 aliphatic rings. The molecule has 0 fully saturated rings. The van der Waals surface area contributed by atoms with Crippen LogP contribution in [-0.4, -0.2) is 12.1 Å². The number of esters is 1. The number of hydrogen-bond acceptors (Lipinski definition) is 2. The summed E-state index contributed by atoms with van der Waals surface area (Å²) >= 11 is 0. The number of carbonyl (C=O) groups is 1. The summed E-state index contributed by atoms with van der Waals surface area (Å²) in [5.74, 6) is 6.11. The minimum absolute atomic E-state index is 0.225. The summed E-state index contributed by atoms with van der Waals surface area (Å²) in [6.45, 7) is 3.65. The van der Waals surface area contributed by atoms with Crippen molar-refractivity contribution in [1.29, 1.82) is 0 Å². The third-order valence-electron chi connectivity index (χ3n) is 3.31. The molecule has 0 spiro atoms. The average Bonchev–Trinajstić information content (AvgIpc) is 2.41. The fourth-order valence-electron chi connectivity index (χ4n) is 2.24. The molecule has 0 bridgehead atoms. The third-order valence-corrected chi connectivity index (χ3v) is 3.31. The Kier molecular flexibility index (Phi) is 8.05. The van der Waals surface area contributed by atoms with Gasteiger partial charge in [-0.1, -0.05) is 44.1 Å². The maximum absolute atomic E-state index is 11.1. The van der Waals surface area contributed by atoms with E-state index in [0.717, 1.165) is 25.7 Å². The van der Waals surface area contributed by atoms with Gasteiger partial charge in [-0.15, -0.1) is 0 Å². The first kappa shape index (κ1) is 15.8. The molecule has 0 heterocycles. The van der Waals surface area contributed by atoms with Crippen LogP contribution in [0.2, 0.25) is 0 Å². The molecule has 0 N–H and O–H groups in total. The van der Waals surface area contributed by atoms with E-state index in [4.69, 9.17) is 4.74 Å². The first-order valence-electron chi connectivity index (χ1n) is 7.60. The number of allylic oxidation sites excluding steroid dienone is 2. The quantitative estimate of drug-likeness (QED) is 0.403. The largest absolute Gasteiger partial charge is 0.449 e. The Morgan fingerprint density at radius 3 is 2.84 bits per heavy atom. The molecule has 0 aromatic heterocycles. The van der Waals surface area contributed by atoms with Gasteiger partial charge >= 0.3 is 5.97 Å². The van der Waals surface area contributed by atoms with Gasteiger partial charge in [0, 0.05) is 6.92 Å². The standard InChI is InChI=1S/C17H26O2/c1-3-4-5-9-12-17(19-15(2)18)14-13-16-10-7-6-8-11-16/h10,17H,3-9,11-12H2,1-2H3.